The minimum absolute atomic E-state index is 0.0689. The molecule has 3 nitrogen and oxygen atoms in total. The summed E-state index contributed by atoms with van der Waals surface area (Å²) in [7, 11) is 0. The van der Waals surface area contributed by atoms with Gasteiger partial charge in [0.15, 0.2) is 0 Å². The molecular weight excluding hydrogens is 248 g/mol. The normalized spacial score (nSPS) is 38.2. The van der Waals surface area contributed by atoms with Gasteiger partial charge in [-0.25, -0.2) is 4.98 Å². The molecule has 2 N–H and O–H groups in total. The maximum atomic E-state index is 6.53. The molecule has 0 unspecified atom stereocenters. The van der Waals surface area contributed by atoms with E-state index < -0.39 is 0 Å². The highest BCUT2D eigenvalue weighted by Gasteiger charge is 2.52. The predicted molar refractivity (Wildman–Crippen MR) is 78.4 cm³/mol. The zero-order valence-corrected chi connectivity index (χ0v) is 12.3. The van der Waals surface area contributed by atoms with E-state index in [0.717, 1.165) is 34.9 Å². The van der Waals surface area contributed by atoms with Crippen LogP contribution >= 0.6 is 0 Å². The van der Waals surface area contributed by atoms with Gasteiger partial charge >= 0.3 is 0 Å². The molecular formula is C17H24N2O. The number of rotatable bonds is 3. The van der Waals surface area contributed by atoms with Crippen molar-refractivity contribution in [2.75, 3.05) is 0 Å². The summed E-state index contributed by atoms with van der Waals surface area (Å²) < 4.78 is 6.53. The average molecular weight is 272 g/mol. The minimum Gasteiger partial charge on any atom is -0.471 e. The van der Waals surface area contributed by atoms with Crippen molar-refractivity contribution in [3.8, 4) is 5.88 Å². The summed E-state index contributed by atoms with van der Waals surface area (Å²) in [4.78, 5) is 4.62. The van der Waals surface area contributed by atoms with Gasteiger partial charge < -0.3 is 10.5 Å². The number of nitrogens with two attached hydrogens (primary N) is 1. The molecule has 0 spiro atoms. The zero-order chi connectivity index (χ0) is 13.7. The number of aromatic nitrogens is 1. The van der Waals surface area contributed by atoms with Crippen LogP contribution in [0.15, 0.2) is 12.1 Å². The summed E-state index contributed by atoms with van der Waals surface area (Å²) in [5.41, 5.74) is 7.98. The van der Waals surface area contributed by atoms with Crippen LogP contribution in [-0.2, 0) is 6.54 Å². The summed E-state index contributed by atoms with van der Waals surface area (Å²) in [6.07, 6.45) is 8.02. The van der Waals surface area contributed by atoms with Gasteiger partial charge in [-0.15, -0.1) is 0 Å². The average Bonchev–Trinajstić information content (AvgIpc) is 2.36. The molecule has 3 heteroatoms. The smallest absolute Gasteiger partial charge is 0.218 e. The number of ether oxygens (including phenoxy) is 1. The molecule has 1 heterocycles. The first-order chi connectivity index (χ1) is 9.66. The molecule has 1 aromatic heterocycles. The van der Waals surface area contributed by atoms with Crippen LogP contribution in [0.3, 0.4) is 0 Å². The number of aryl methyl sites for hydroxylation is 1. The second kappa shape index (κ2) is 4.45. The fourth-order valence-electron chi connectivity index (χ4n) is 5.17. The molecule has 108 valence electrons. The van der Waals surface area contributed by atoms with Crippen molar-refractivity contribution in [1.29, 1.82) is 0 Å². The Labute approximate surface area is 120 Å². The van der Waals surface area contributed by atoms with E-state index in [1.54, 1.807) is 0 Å². The Morgan fingerprint density at radius 1 is 1.15 bits per heavy atom. The van der Waals surface area contributed by atoms with E-state index in [-0.39, 0.29) is 5.60 Å². The Morgan fingerprint density at radius 3 is 2.30 bits per heavy atom. The van der Waals surface area contributed by atoms with Crippen LogP contribution in [-0.4, -0.2) is 10.6 Å². The van der Waals surface area contributed by atoms with E-state index in [2.05, 4.69) is 11.1 Å². The maximum absolute atomic E-state index is 6.53. The molecule has 0 saturated heterocycles. The second-order valence-corrected chi connectivity index (χ2v) is 7.32. The maximum Gasteiger partial charge on any atom is 0.218 e. The number of hydrogen-bond donors (Lipinski definition) is 1. The Hall–Kier alpha value is -1.09. The van der Waals surface area contributed by atoms with Crippen molar-refractivity contribution in [2.24, 2.45) is 23.5 Å². The molecule has 0 aliphatic heterocycles. The monoisotopic (exact) mass is 272 g/mol. The van der Waals surface area contributed by atoms with Gasteiger partial charge in [0.05, 0.1) is 0 Å². The van der Waals surface area contributed by atoms with Crippen LogP contribution in [0.2, 0.25) is 0 Å². The Morgan fingerprint density at radius 2 is 1.75 bits per heavy atom. The van der Waals surface area contributed by atoms with Gasteiger partial charge in [0.2, 0.25) is 5.88 Å². The van der Waals surface area contributed by atoms with Crippen LogP contribution in [0.4, 0.5) is 0 Å². The minimum atomic E-state index is 0.0689. The zero-order valence-electron chi connectivity index (χ0n) is 12.3. The summed E-state index contributed by atoms with van der Waals surface area (Å²) in [6.45, 7) is 2.53. The van der Waals surface area contributed by atoms with E-state index >= 15 is 0 Å². The van der Waals surface area contributed by atoms with Gasteiger partial charge in [-0.3, -0.25) is 0 Å². The molecule has 4 aliphatic carbocycles. The van der Waals surface area contributed by atoms with Crippen molar-refractivity contribution >= 4 is 0 Å². The first-order valence-corrected chi connectivity index (χ1v) is 8.01. The number of hydrogen-bond acceptors (Lipinski definition) is 3. The third kappa shape index (κ3) is 2.03. The quantitative estimate of drug-likeness (QED) is 0.919. The lowest BCUT2D eigenvalue weighted by atomic mass is 9.54. The Kier molecular flexibility index (Phi) is 2.81. The van der Waals surface area contributed by atoms with Gasteiger partial charge in [0.25, 0.3) is 0 Å². The molecule has 0 atom stereocenters. The predicted octanol–water partition coefficient (Wildman–Crippen LogP) is 3.20. The van der Waals surface area contributed by atoms with E-state index in [1.165, 1.54) is 38.5 Å². The molecule has 5 rings (SSSR count). The summed E-state index contributed by atoms with van der Waals surface area (Å²) in [5, 5.41) is 0. The molecule has 4 fully saturated rings. The van der Waals surface area contributed by atoms with Gasteiger partial charge in [-0.2, -0.15) is 0 Å². The molecule has 0 aromatic carbocycles. The Bertz CT molecular complexity index is 490. The Balaban J connectivity index is 1.64. The van der Waals surface area contributed by atoms with Crippen molar-refractivity contribution in [3.63, 3.8) is 0 Å². The van der Waals surface area contributed by atoms with Crippen LogP contribution in [0, 0.1) is 24.7 Å². The highest BCUT2D eigenvalue weighted by atomic mass is 16.5. The van der Waals surface area contributed by atoms with E-state index in [0.29, 0.717) is 6.54 Å². The van der Waals surface area contributed by atoms with E-state index in [4.69, 9.17) is 10.5 Å². The van der Waals surface area contributed by atoms with Crippen LogP contribution < -0.4 is 10.5 Å². The van der Waals surface area contributed by atoms with Gasteiger partial charge in [-0.1, -0.05) is 6.07 Å². The highest BCUT2D eigenvalue weighted by Crippen LogP contribution is 2.57. The standard InChI is InChI=1S/C17H24N2O/c1-11-2-3-15(10-18)16(19-11)20-17-7-12-4-13(8-17)6-14(5-12)9-17/h2-3,12-14H,4-10,18H2,1H3. The SMILES string of the molecule is Cc1ccc(CN)c(OC23CC4CC(CC(C4)C2)C3)n1. The molecule has 0 amide bonds. The van der Waals surface area contributed by atoms with Crippen molar-refractivity contribution in [2.45, 2.75) is 57.6 Å². The van der Waals surface area contributed by atoms with Crippen molar-refractivity contribution < 1.29 is 4.74 Å². The van der Waals surface area contributed by atoms with Gasteiger partial charge in [-0.05, 0) is 69.3 Å². The lowest BCUT2D eigenvalue weighted by Gasteiger charge is -2.56. The van der Waals surface area contributed by atoms with Crippen molar-refractivity contribution in [1.82, 2.24) is 4.98 Å². The summed E-state index contributed by atoms with van der Waals surface area (Å²) >= 11 is 0. The van der Waals surface area contributed by atoms with Gasteiger partial charge in [0.1, 0.15) is 5.60 Å². The largest absolute Gasteiger partial charge is 0.471 e. The second-order valence-electron chi connectivity index (χ2n) is 7.32. The van der Waals surface area contributed by atoms with Crippen LogP contribution in [0.25, 0.3) is 0 Å². The molecule has 4 saturated carbocycles. The number of pyridine rings is 1. The summed E-state index contributed by atoms with van der Waals surface area (Å²) in [5.74, 6) is 3.49. The summed E-state index contributed by atoms with van der Waals surface area (Å²) in [6, 6.07) is 4.09. The fraction of sp³-hybridized carbons (Fsp3) is 0.706. The topological polar surface area (TPSA) is 48.1 Å². The highest BCUT2D eigenvalue weighted by molar-refractivity contribution is 5.29. The first-order valence-electron chi connectivity index (χ1n) is 8.01. The van der Waals surface area contributed by atoms with E-state index in [1.807, 2.05) is 13.0 Å². The third-order valence-electron chi connectivity index (χ3n) is 5.59. The molecule has 4 aliphatic rings. The van der Waals surface area contributed by atoms with Gasteiger partial charge in [0, 0.05) is 17.8 Å². The third-order valence-corrected chi connectivity index (χ3v) is 5.59. The van der Waals surface area contributed by atoms with Crippen LogP contribution in [0.5, 0.6) is 5.88 Å². The number of nitrogens with zero attached hydrogens (tertiary/aromatic N) is 1. The molecule has 0 radical (unpaired) electrons. The lowest BCUT2D eigenvalue weighted by Crippen LogP contribution is -2.54. The molecule has 4 bridgehead atoms. The van der Waals surface area contributed by atoms with E-state index in [9.17, 15) is 0 Å². The molecule has 1 aromatic rings. The van der Waals surface area contributed by atoms with Crippen molar-refractivity contribution in [3.05, 3.63) is 23.4 Å². The lowest BCUT2D eigenvalue weighted by molar-refractivity contribution is -0.109. The fourth-order valence-corrected chi connectivity index (χ4v) is 5.17. The first kappa shape index (κ1) is 12.6. The van der Waals surface area contributed by atoms with Crippen LogP contribution in [0.1, 0.15) is 49.8 Å². The molecule has 20 heavy (non-hydrogen) atoms.